The van der Waals surface area contributed by atoms with Crippen LogP contribution >= 0.6 is 11.3 Å². The molecule has 0 amide bonds. The van der Waals surface area contributed by atoms with E-state index in [1.54, 1.807) is 11.3 Å². The number of nitrogen functional groups attached to an aromatic ring is 1. The molecule has 1 aromatic carbocycles. The van der Waals surface area contributed by atoms with E-state index < -0.39 is 0 Å². The van der Waals surface area contributed by atoms with Gasteiger partial charge in [0.2, 0.25) is 0 Å². The molecule has 90 valence electrons. The average Bonchev–Trinajstić information content (AvgIpc) is 2.72. The van der Waals surface area contributed by atoms with E-state index in [0.29, 0.717) is 0 Å². The zero-order valence-corrected chi connectivity index (χ0v) is 11.1. The third-order valence-electron chi connectivity index (χ3n) is 3.13. The highest BCUT2D eigenvalue weighted by molar-refractivity contribution is 7.20. The highest BCUT2D eigenvalue weighted by Crippen LogP contribution is 2.27. The maximum Gasteiger partial charge on any atom is 0.133 e. The van der Waals surface area contributed by atoms with Gasteiger partial charge in [0.25, 0.3) is 0 Å². The second kappa shape index (κ2) is 4.88. The van der Waals surface area contributed by atoms with Crippen molar-refractivity contribution in [1.82, 2.24) is 0 Å². The molecule has 3 heteroatoms. The zero-order chi connectivity index (χ0) is 12.4. The molecule has 0 saturated carbocycles. The van der Waals surface area contributed by atoms with Gasteiger partial charge in [-0.2, -0.15) is 0 Å². The summed E-state index contributed by atoms with van der Waals surface area (Å²) in [6, 6.07) is 8.58. The first-order valence-electron chi connectivity index (χ1n) is 5.97. The number of nitrogens with one attached hydrogen (secondary N) is 1. The molecule has 1 heterocycles. The molecule has 0 spiro atoms. The molecule has 3 N–H and O–H groups in total. The van der Waals surface area contributed by atoms with Crippen molar-refractivity contribution in [1.29, 1.82) is 5.41 Å². The van der Waals surface area contributed by atoms with E-state index in [0.717, 1.165) is 17.2 Å². The Balaban J connectivity index is 2.33. The number of rotatable bonds is 4. The van der Waals surface area contributed by atoms with Crippen LogP contribution in [0.3, 0.4) is 0 Å². The minimum Gasteiger partial charge on any atom is -0.383 e. The first kappa shape index (κ1) is 12.1. The summed E-state index contributed by atoms with van der Waals surface area (Å²) >= 11 is 1.59. The molecule has 0 radical (unpaired) electrons. The quantitative estimate of drug-likeness (QED) is 0.626. The summed E-state index contributed by atoms with van der Waals surface area (Å²) in [6.45, 7) is 4.50. The Labute approximate surface area is 106 Å². The predicted octanol–water partition coefficient (Wildman–Crippen LogP) is 3.77. The predicted molar refractivity (Wildman–Crippen MR) is 76.0 cm³/mol. The fourth-order valence-electron chi connectivity index (χ4n) is 1.90. The van der Waals surface area contributed by atoms with Crippen molar-refractivity contribution >= 4 is 27.3 Å². The number of fused-ring (bicyclic) bond motifs is 1. The molecule has 0 fully saturated rings. The smallest absolute Gasteiger partial charge is 0.133 e. The molecule has 0 unspecified atom stereocenters. The third-order valence-corrected chi connectivity index (χ3v) is 4.28. The molecule has 0 aliphatic heterocycles. The molecule has 0 bridgehead atoms. The van der Waals surface area contributed by atoms with Crippen molar-refractivity contribution in [2.24, 2.45) is 11.7 Å². The zero-order valence-electron chi connectivity index (χ0n) is 10.3. The van der Waals surface area contributed by atoms with Gasteiger partial charge in [-0.05, 0) is 35.4 Å². The molecular weight excluding hydrogens is 228 g/mol. The van der Waals surface area contributed by atoms with Crippen LogP contribution in [0.4, 0.5) is 0 Å². The molecule has 1 aromatic heterocycles. The third kappa shape index (κ3) is 2.67. The molecule has 0 aliphatic rings. The lowest BCUT2D eigenvalue weighted by atomic mass is 9.98. The second-order valence-electron chi connectivity index (χ2n) is 4.61. The summed E-state index contributed by atoms with van der Waals surface area (Å²) in [4.78, 5) is 0.862. The molecule has 2 rings (SSSR count). The van der Waals surface area contributed by atoms with Crippen LogP contribution in [0.15, 0.2) is 24.3 Å². The molecular formula is C14H18N2S. The van der Waals surface area contributed by atoms with E-state index >= 15 is 0 Å². The van der Waals surface area contributed by atoms with E-state index in [9.17, 15) is 0 Å². The van der Waals surface area contributed by atoms with Crippen molar-refractivity contribution in [3.8, 4) is 0 Å². The second-order valence-corrected chi connectivity index (χ2v) is 5.70. The van der Waals surface area contributed by atoms with E-state index in [4.69, 9.17) is 11.1 Å². The minimum atomic E-state index is 0.162. The Hall–Kier alpha value is -1.35. The molecule has 17 heavy (non-hydrogen) atoms. The summed E-state index contributed by atoms with van der Waals surface area (Å²) in [5.74, 6) is 0.882. The topological polar surface area (TPSA) is 49.9 Å². The average molecular weight is 246 g/mol. The lowest BCUT2D eigenvalue weighted by molar-refractivity contribution is 0.560. The van der Waals surface area contributed by atoms with Crippen LogP contribution in [0.25, 0.3) is 10.1 Å². The lowest BCUT2D eigenvalue weighted by Gasteiger charge is -2.07. The van der Waals surface area contributed by atoms with Crippen LogP contribution < -0.4 is 5.73 Å². The highest BCUT2D eigenvalue weighted by atomic mass is 32.1. The molecule has 2 aromatic rings. The summed E-state index contributed by atoms with van der Waals surface area (Å²) in [5.41, 5.74) is 6.89. The van der Waals surface area contributed by atoms with Crippen molar-refractivity contribution in [2.45, 2.75) is 26.7 Å². The van der Waals surface area contributed by atoms with Crippen LogP contribution in [-0.2, 0) is 6.42 Å². The van der Waals surface area contributed by atoms with Gasteiger partial charge in [0.1, 0.15) is 5.84 Å². The Morgan fingerprint density at radius 3 is 2.82 bits per heavy atom. The van der Waals surface area contributed by atoms with Crippen LogP contribution in [0.1, 0.15) is 30.7 Å². The Bertz CT molecular complexity index is 542. The molecule has 0 aliphatic carbocycles. The van der Waals surface area contributed by atoms with Gasteiger partial charge >= 0.3 is 0 Å². The number of thiophene rings is 1. The number of hydrogen-bond donors (Lipinski definition) is 2. The largest absolute Gasteiger partial charge is 0.383 e. The van der Waals surface area contributed by atoms with Crippen molar-refractivity contribution in [3.05, 3.63) is 34.7 Å². The van der Waals surface area contributed by atoms with E-state index in [1.807, 2.05) is 6.07 Å². The Morgan fingerprint density at radius 1 is 1.41 bits per heavy atom. The number of hydrogen-bond acceptors (Lipinski definition) is 2. The Kier molecular flexibility index (Phi) is 3.48. The molecule has 1 atom stereocenters. The maximum absolute atomic E-state index is 7.45. The number of nitrogens with two attached hydrogens (primary N) is 1. The van der Waals surface area contributed by atoms with Crippen molar-refractivity contribution in [3.63, 3.8) is 0 Å². The van der Waals surface area contributed by atoms with E-state index in [2.05, 4.69) is 32.0 Å². The number of benzene rings is 1. The normalized spacial score (nSPS) is 12.8. The van der Waals surface area contributed by atoms with Crippen LogP contribution in [0, 0.1) is 11.3 Å². The number of amidine groups is 1. The van der Waals surface area contributed by atoms with Gasteiger partial charge in [0.15, 0.2) is 0 Å². The van der Waals surface area contributed by atoms with Crippen LogP contribution in [0.5, 0.6) is 0 Å². The summed E-state index contributed by atoms with van der Waals surface area (Å²) in [7, 11) is 0. The van der Waals surface area contributed by atoms with Crippen molar-refractivity contribution in [2.75, 3.05) is 0 Å². The van der Waals surface area contributed by atoms with Gasteiger partial charge in [-0.15, -0.1) is 11.3 Å². The van der Waals surface area contributed by atoms with Gasteiger partial charge in [-0.25, -0.2) is 0 Å². The van der Waals surface area contributed by atoms with Crippen LogP contribution in [0.2, 0.25) is 0 Å². The van der Waals surface area contributed by atoms with Gasteiger partial charge in [0, 0.05) is 4.70 Å². The molecule has 0 saturated heterocycles. The van der Waals surface area contributed by atoms with Gasteiger partial charge in [-0.1, -0.05) is 32.4 Å². The summed E-state index contributed by atoms with van der Waals surface area (Å²) < 4.78 is 1.21. The molecule has 2 nitrogen and oxygen atoms in total. The van der Waals surface area contributed by atoms with E-state index in [1.165, 1.54) is 22.1 Å². The fourth-order valence-corrected chi connectivity index (χ4v) is 2.80. The fraction of sp³-hybridized carbons (Fsp3) is 0.357. The summed E-state index contributed by atoms with van der Waals surface area (Å²) in [5, 5.41) is 8.66. The first-order valence-corrected chi connectivity index (χ1v) is 6.78. The van der Waals surface area contributed by atoms with Gasteiger partial charge in [0.05, 0.1) is 4.88 Å². The maximum atomic E-state index is 7.45. The van der Waals surface area contributed by atoms with Crippen LogP contribution in [-0.4, -0.2) is 5.84 Å². The highest BCUT2D eigenvalue weighted by Gasteiger charge is 2.06. The first-order chi connectivity index (χ1) is 8.10. The van der Waals surface area contributed by atoms with E-state index in [-0.39, 0.29) is 5.84 Å². The SMILES string of the molecule is CC[C@@H](C)Cc1ccc2sc(C(=N)N)cc2c1. The van der Waals surface area contributed by atoms with Crippen molar-refractivity contribution < 1.29 is 0 Å². The standard InChI is InChI=1S/C14H18N2S/c1-3-9(2)6-10-4-5-12-11(7-10)8-13(17-12)14(15)16/h4-5,7-9H,3,6H2,1-2H3,(H3,15,16)/t9-/m1/s1. The lowest BCUT2D eigenvalue weighted by Crippen LogP contribution is -2.08. The minimum absolute atomic E-state index is 0.162. The van der Waals surface area contributed by atoms with Gasteiger partial charge < -0.3 is 5.73 Å². The Morgan fingerprint density at radius 2 is 2.18 bits per heavy atom. The van der Waals surface area contributed by atoms with Gasteiger partial charge in [-0.3, -0.25) is 5.41 Å². The summed E-state index contributed by atoms with van der Waals surface area (Å²) in [6.07, 6.45) is 2.33. The monoisotopic (exact) mass is 246 g/mol.